The lowest BCUT2D eigenvalue weighted by Crippen LogP contribution is -2.39. The molecule has 1 amide bonds. The lowest BCUT2D eigenvalue weighted by molar-refractivity contribution is -0.120. The van der Waals surface area contributed by atoms with Gasteiger partial charge in [0.15, 0.2) is 5.82 Å². The van der Waals surface area contributed by atoms with E-state index < -0.39 is 0 Å². The number of pyridine rings is 3. The van der Waals surface area contributed by atoms with Crippen molar-refractivity contribution in [3.63, 3.8) is 0 Å². The van der Waals surface area contributed by atoms with Crippen molar-refractivity contribution in [3.8, 4) is 0 Å². The van der Waals surface area contributed by atoms with E-state index in [9.17, 15) is 4.79 Å². The highest BCUT2D eigenvalue weighted by Crippen LogP contribution is 2.26. The minimum atomic E-state index is 0.0605. The summed E-state index contributed by atoms with van der Waals surface area (Å²) >= 11 is 0. The monoisotopic (exact) mass is 361 g/mol. The van der Waals surface area contributed by atoms with Crippen LogP contribution in [-0.4, -0.2) is 40.5 Å². The fourth-order valence-corrected chi connectivity index (χ4v) is 3.58. The van der Waals surface area contributed by atoms with Crippen molar-refractivity contribution in [3.05, 3.63) is 60.7 Å². The molecule has 0 aliphatic carbocycles. The highest BCUT2D eigenvalue weighted by atomic mass is 16.1. The summed E-state index contributed by atoms with van der Waals surface area (Å²) in [5.74, 6) is 1.53. The van der Waals surface area contributed by atoms with Gasteiger partial charge in [0, 0.05) is 49.8 Å². The molecule has 4 rings (SSSR count). The molecule has 27 heavy (non-hydrogen) atoms. The number of piperidine rings is 1. The molecule has 1 fully saturated rings. The highest BCUT2D eigenvalue weighted by molar-refractivity contribution is 5.88. The number of aromatic nitrogens is 3. The Labute approximate surface area is 158 Å². The van der Waals surface area contributed by atoms with E-state index in [1.807, 2.05) is 36.7 Å². The molecule has 6 nitrogen and oxygen atoms in total. The maximum atomic E-state index is 12.1. The summed E-state index contributed by atoms with van der Waals surface area (Å²) in [5.41, 5.74) is 1.91. The standard InChI is InChI=1S/C21H23N5O/c27-19(13-17-3-1-8-22-14-17)25-15-16-6-11-26(12-7-16)21-20-18(5-10-24-21)4-2-9-23-20/h1-5,8-10,14,16H,6-7,11-13,15H2,(H,25,27). The van der Waals surface area contributed by atoms with Gasteiger partial charge in [-0.3, -0.25) is 14.8 Å². The van der Waals surface area contributed by atoms with Gasteiger partial charge in [-0.2, -0.15) is 0 Å². The summed E-state index contributed by atoms with van der Waals surface area (Å²) in [5, 5.41) is 4.19. The van der Waals surface area contributed by atoms with Crippen LogP contribution in [0.5, 0.6) is 0 Å². The van der Waals surface area contributed by atoms with Crippen molar-refractivity contribution in [1.29, 1.82) is 0 Å². The Bertz CT molecular complexity index is 901. The zero-order valence-electron chi connectivity index (χ0n) is 15.2. The second-order valence-corrected chi connectivity index (χ2v) is 6.98. The topological polar surface area (TPSA) is 71.0 Å². The first-order valence-electron chi connectivity index (χ1n) is 9.40. The van der Waals surface area contributed by atoms with E-state index in [1.165, 1.54) is 0 Å². The molecule has 138 valence electrons. The van der Waals surface area contributed by atoms with Gasteiger partial charge in [0.25, 0.3) is 0 Å². The highest BCUT2D eigenvalue weighted by Gasteiger charge is 2.22. The summed E-state index contributed by atoms with van der Waals surface area (Å²) in [6.07, 6.45) is 9.59. The lowest BCUT2D eigenvalue weighted by Gasteiger charge is -2.33. The van der Waals surface area contributed by atoms with Crippen LogP contribution in [-0.2, 0) is 11.2 Å². The summed E-state index contributed by atoms with van der Waals surface area (Å²) in [6.45, 7) is 2.60. The molecule has 1 N–H and O–H groups in total. The van der Waals surface area contributed by atoms with Gasteiger partial charge < -0.3 is 10.2 Å². The molecule has 0 atom stereocenters. The molecule has 3 aromatic heterocycles. The Morgan fingerprint density at radius 1 is 1.07 bits per heavy atom. The zero-order chi connectivity index (χ0) is 18.5. The van der Waals surface area contributed by atoms with E-state index in [-0.39, 0.29) is 5.91 Å². The number of carbonyl (C=O) groups excluding carboxylic acids is 1. The molecule has 0 saturated carbocycles. The second kappa shape index (κ2) is 8.12. The van der Waals surface area contributed by atoms with E-state index in [0.717, 1.165) is 54.8 Å². The van der Waals surface area contributed by atoms with Crippen LogP contribution in [0.15, 0.2) is 55.1 Å². The number of carbonyl (C=O) groups is 1. The van der Waals surface area contributed by atoms with Gasteiger partial charge in [-0.05, 0) is 42.5 Å². The minimum absolute atomic E-state index is 0.0605. The van der Waals surface area contributed by atoms with E-state index in [1.54, 1.807) is 12.4 Å². The number of hydrogen-bond donors (Lipinski definition) is 1. The largest absolute Gasteiger partial charge is 0.356 e. The molecular weight excluding hydrogens is 338 g/mol. The lowest BCUT2D eigenvalue weighted by atomic mass is 9.96. The third-order valence-corrected chi connectivity index (χ3v) is 5.09. The Kier molecular flexibility index (Phi) is 5.23. The molecule has 3 aromatic rings. The molecule has 0 radical (unpaired) electrons. The number of nitrogens with zero attached hydrogens (tertiary/aromatic N) is 4. The smallest absolute Gasteiger partial charge is 0.224 e. The van der Waals surface area contributed by atoms with Crippen LogP contribution in [0.1, 0.15) is 18.4 Å². The first kappa shape index (κ1) is 17.4. The Morgan fingerprint density at radius 2 is 1.93 bits per heavy atom. The van der Waals surface area contributed by atoms with Crippen LogP contribution in [0, 0.1) is 5.92 Å². The quantitative estimate of drug-likeness (QED) is 0.756. The second-order valence-electron chi connectivity index (χ2n) is 6.98. The van der Waals surface area contributed by atoms with Crippen LogP contribution in [0.3, 0.4) is 0 Å². The fourth-order valence-electron chi connectivity index (χ4n) is 3.58. The van der Waals surface area contributed by atoms with Gasteiger partial charge in [0.2, 0.25) is 5.91 Å². The zero-order valence-corrected chi connectivity index (χ0v) is 15.2. The maximum absolute atomic E-state index is 12.1. The molecule has 6 heteroatoms. The molecule has 1 aliphatic rings. The molecule has 0 aromatic carbocycles. The van der Waals surface area contributed by atoms with Crippen molar-refractivity contribution >= 4 is 22.6 Å². The number of nitrogens with one attached hydrogen (secondary N) is 1. The van der Waals surface area contributed by atoms with E-state index in [4.69, 9.17) is 0 Å². The molecule has 1 saturated heterocycles. The number of rotatable bonds is 5. The third-order valence-electron chi connectivity index (χ3n) is 5.09. The Hall–Kier alpha value is -3.02. The van der Waals surface area contributed by atoms with Crippen LogP contribution in [0.25, 0.3) is 10.9 Å². The van der Waals surface area contributed by atoms with Crippen LogP contribution in [0.2, 0.25) is 0 Å². The van der Waals surface area contributed by atoms with Gasteiger partial charge >= 0.3 is 0 Å². The normalized spacial score (nSPS) is 15.0. The SMILES string of the molecule is O=C(Cc1cccnc1)NCC1CCN(c2nccc3cccnc23)CC1. The molecule has 0 unspecified atom stereocenters. The number of amides is 1. The molecule has 4 heterocycles. The molecular formula is C21H23N5O. The average molecular weight is 361 g/mol. The van der Waals surface area contributed by atoms with Crippen molar-refractivity contribution in [2.75, 3.05) is 24.5 Å². The molecule has 1 aliphatic heterocycles. The van der Waals surface area contributed by atoms with Gasteiger partial charge in [0.1, 0.15) is 5.52 Å². The summed E-state index contributed by atoms with van der Waals surface area (Å²) < 4.78 is 0. The van der Waals surface area contributed by atoms with Gasteiger partial charge in [-0.1, -0.05) is 12.1 Å². The van der Waals surface area contributed by atoms with E-state index >= 15 is 0 Å². The fraction of sp³-hybridized carbons (Fsp3) is 0.333. The number of hydrogen-bond acceptors (Lipinski definition) is 5. The van der Waals surface area contributed by atoms with Gasteiger partial charge in [0.05, 0.1) is 6.42 Å². The number of anilines is 1. The number of fused-ring (bicyclic) bond motifs is 1. The van der Waals surface area contributed by atoms with Gasteiger partial charge in [-0.25, -0.2) is 4.98 Å². The van der Waals surface area contributed by atoms with E-state index in [0.29, 0.717) is 12.3 Å². The third kappa shape index (κ3) is 4.22. The maximum Gasteiger partial charge on any atom is 0.224 e. The van der Waals surface area contributed by atoms with Crippen molar-refractivity contribution < 1.29 is 4.79 Å². The molecule has 0 spiro atoms. The first-order chi connectivity index (χ1) is 13.3. The average Bonchev–Trinajstić information content (AvgIpc) is 2.73. The van der Waals surface area contributed by atoms with Crippen LogP contribution < -0.4 is 10.2 Å². The van der Waals surface area contributed by atoms with Crippen molar-refractivity contribution in [1.82, 2.24) is 20.3 Å². The van der Waals surface area contributed by atoms with Crippen molar-refractivity contribution in [2.45, 2.75) is 19.3 Å². The summed E-state index contributed by atoms with van der Waals surface area (Å²) in [6, 6.07) is 9.80. The predicted molar refractivity (Wildman–Crippen MR) is 105 cm³/mol. The summed E-state index contributed by atoms with van der Waals surface area (Å²) in [4.78, 5) is 27.6. The van der Waals surface area contributed by atoms with E-state index in [2.05, 4.69) is 31.2 Å². The summed E-state index contributed by atoms with van der Waals surface area (Å²) in [7, 11) is 0. The first-order valence-corrected chi connectivity index (χ1v) is 9.40. The van der Waals surface area contributed by atoms with Gasteiger partial charge in [-0.15, -0.1) is 0 Å². The molecule has 0 bridgehead atoms. The van der Waals surface area contributed by atoms with Crippen molar-refractivity contribution in [2.24, 2.45) is 5.92 Å². The van der Waals surface area contributed by atoms with Crippen LogP contribution >= 0.6 is 0 Å². The Morgan fingerprint density at radius 3 is 2.74 bits per heavy atom. The Balaban J connectivity index is 1.29. The minimum Gasteiger partial charge on any atom is -0.356 e. The predicted octanol–water partition coefficient (Wildman–Crippen LogP) is 2.60. The van der Waals surface area contributed by atoms with Crippen LogP contribution in [0.4, 0.5) is 5.82 Å².